The lowest BCUT2D eigenvalue weighted by Crippen LogP contribution is -2.33. The second-order valence-corrected chi connectivity index (χ2v) is 6.62. The van der Waals surface area contributed by atoms with Crippen molar-refractivity contribution in [2.24, 2.45) is 7.05 Å². The molecule has 0 amide bonds. The fourth-order valence-electron chi connectivity index (χ4n) is 2.58. The molecule has 0 fully saturated rings. The lowest BCUT2D eigenvalue weighted by Gasteiger charge is -2.29. The molecule has 116 valence electrons. The Morgan fingerprint density at radius 3 is 2.76 bits per heavy atom. The van der Waals surface area contributed by atoms with Crippen LogP contribution < -0.4 is 10.2 Å². The Labute approximate surface area is 131 Å². The molecular weight excluding hydrogens is 280 g/mol. The van der Waals surface area contributed by atoms with E-state index in [1.54, 1.807) is 0 Å². The first-order chi connectivity index (χ1) is 10.0. The van der Waals surface area contributed by atoms with E-state index in [4.69, 9.17) is 0 Å². The summed E-state index contributed by atoms with van der Waals surface area (Å²) in [5.41, 5.74) is 2.43. The number of aryl methyl sites for hydroxylation is 2. The third-order valence-corrected chi connectivity index (χ3v) is 4.53. The molecule has 1 N–H and O–H groups in total. The minimum Gasteiger partial charge on any atom is -0.349 e. The van der Waals surface area contributed by atoms with Crippen LogP contribution in [-0.2, 0) is 20.1 Å². The molecule has 0 aliphatic rings. The van der Waals surface area contributed by atoms with E-state index in [1.165, 1.54) is 16.3 Å². The van der Waals surface area contributed by atoms with E-state index in [0.717, 1.165) is 25.3 Å². The number of hydrogen-bond donors (Lipinski definition) is 1. The zero-order valence-corrected chi connectivity index (χ0v) is 14.5. The molecule has 2 rings (SSSR count). The number of rotatable bonds is 7. The van der Waals surface area contributed by atoms with Gasteiger partial charge in [0, 0.05) is 30.1 Å². The van der Waals surface area contributed by atoms with Crippen LogP contribution in [0.2, 0.25) is 0 Å². The largest absolute Gasteiger partial charge is 0.349 e. The van der Waals surface area contributed by atoms with E-state index >= 15 is 0 Å². The van der Waals surface area contributed by atoms with Crippen molar-refractivity contribution in [2.45, 2.75) is 46.8 Å². The molecule has 2 aromatic heterocycles. The summed E-state index contributed by atoms with van der Waals surface area (Å²) >= 11 is 1.81. The molecule has 0 radical (unpaired) electrons. The first kappa shape index (κ1) is 16.0. The van der Waals surface area contributed by atoms with E-state index in [2.05, 4.69) is 60.5 Å². The van der Waals surface area contributed by atoms with E-state index in [1.807, 2.05) is 23.1 Å². The van der Waals surface area contributed by atoms with Crippen molar-refractivity contribution in [3.05, 3.63) is 33.6 Å². The van der Waals surface area contributed by atoms with Crippen LogP contribution in [0.5, 0.6) is 0 Å². The zero-order valence-electron chi connectivity index (χ0n) is 13.7. The van der Waals surface area contributed by atoms with Crippen LogP contribution in [0.3, 0.4) is 0 Å². The molecule has 0 saturated heterocycles. The van der Waals surface area contributed by atoms with Crippen molar-refractivity contribution in [3.8, 4) is 0 Å². The Balaban J connectivity index is 2.35. The van der Waals surface area contributed by atoms with Crippen molar-refractivity contribution >= 4 is 17.2 Å². The highest BCUT2D eigenvalue weighted by Crippen LogP contribution is 2.27. The molecule has 0 aliphatic heterocycles. The average Bonchev–Trinajstić information content (AvgIpc) is 3.02. The minimum atomic E-state index is 0.433. The molecule has 0 bridgehead atoms. The number of hydrogen-bond acceptors (Lipinski definition) is 4. The average molecular weight is 306 g/mol. The fraction of sp³-hybridized carbons (Fsp3) is 0.562. The molecule has 2 aromatic rings. The van der Waals surface area contributed by atoms with Gasteiger partial charge in [0.15, 0.2) is 0 Å². The van der Waals surface area contributed by atoms with Crippen LogP contribution in [0.25, 0.3) is 0 Å². The summed E-state index contributed by atoms with van der Waals surface area (Å²) in [7, 11) is 2.04. The van der Waals surface area contributed by atoms with Gasteiger partial charge in [0.05, 0.1) is 12.2 Å². The van der Waals surface area contributed by atoms with Crippen molar-refractivity contribution in [2.75, 3.05) is 11.4 Å². The van der Waals surface area contributed by atoms with Crippen LogP contribution in [0.1, 0.15) is 36.9 Å². The van der Waals surface area contributed by atoms with Crippen molar-refractivity contribution in [1.29, 1.82) is 0 Å². The molecule has 4 nitrogen and oxygen atoms in total. The number of aromatic nitrogens is 2. The Kier molecular flexibility index (Phi) is 5.42. The SMILES string of the molecule is CCNCc1c(C)nn(C)c1N(Cc1cccs1)C(C)C. The van der Waals surface area contributed by atoms with Crippen LogP contribution in [0, 0.1) is 6.92 Å². The quantitative estimate of drug-likeness (QED) is 0.852. The number of nitrogens with zero attached hydrogens (tertiary/aromatic N) is 3. The Morgan fingerprint density at radius 2 is 2.19 bits per heavy atom. The van der Waals surface area contributed by atoms with Crippen LogP contribution in [0.4, 0.5) is 5.82 Å². The van der Waals surface area contributed by atoms with Gasteiger partial charge in [0.1, 0.15) is 5.82 Å². The Morgan fingerprint density at radius 1 is 1.43 bits per heavy atom. The smallest absolute Gasteiger partial charge is 0.131 e. The molecule has 0 aliphatic carbocycles. The second-order valence-electron chi connectivity index (χ2n) is 5.59. The van der Waals surface area contributed by atoms with E-state index in [9.17, 15) is 0 Å². The summed E-state index contributed by atoms with van der Waals surface area (Å²) in [5, 5.41) is 10.2. The lowest BCUT2D eigenvalue weighted by atomic mass is 10.2. The molecule has 21 heavy (non-hydrogen) atoms. The Hall–Kier alpha value is -1.33. The highest BCUT2D eigenvalue weighted by molar-refractivity contribution is 7.09. The van der Waals surface area contributed by atoms with E-state index in [-0.39, 0.29) is 0 Å². The molecular formula is C16H26N4S. The maximum atomic E-state index is 4.63. The van der Waals surface area contributed by atoms with Gasteiger partial charge in [-0.05, 0) is 38.8 Å². The van der Waals surface area contributed by atoms with Gasteiger partial charge in [-0.3, -0.25) is 4.68 Å². The molecule has 0 saturated carbocycles. The molecule has 0 atom stereocenters. The van der Waals surface area contributed by atoms with Crippen molar-refractivity contribution in [1.82, 2.24) is 15.1 Å². The van der Waals surface area contributed by atoms with Gasteiger partial charge in [0.2, 0.25) is 0 Å². The third-order valence-electron chi connectivity index (χ3n) is 3.67. The Bertz CT molecular complexity index is 557. The first-order valence-electron chi connectivity index (χ1n) is 7.56. The molecule has 5 heteroatoms. The zero-order chi connectivity index (χ0) is 15.4. The normalized spacial score (nSPS) is 11.3. The maximum Gasteiger partial charge on any atom is 0.131 e. The summed E-state index contributed by atoms with van der Waals surface area (Å²) in [6.07, 6.45) is 0. The van der Waals surface area contributed by atoms with Gasteiger partial charge in [-0.25, -0.2) is 0 Å². The van der Waals surface area contributed by atoms with E-state index in [0.29, 0.717) is 6.04 Å². The summed E-state index contributed by atoms with van der Waals surface area (Å²) in [5.74, 6) is 1.23. The lowest BCUT2D eigenvalue weighted by molar-refractivity contribution is 0.630. The molecule has 2 heterocycles. The van der Waals surface area contributed by atoms with E-state index < -0.39 is 0 Å². The standard InChI is InChI=1S/C16H26N4S/c1-6-17-10-15-13(4)18-19(5)16(15)20(12(2)3)11-14-8-7-9-21-14/h7-9,12,17H,6,10-11H2,1-5H3. The number of thiophene rings is 1. The van der Waals surface area contributed by atoms with Crippen LogP contribution >= 0.6 is 11.3 Å². The molecule has 0 spiro atoms. The van der Waals surface area contributed by atoms with Gasteiger partial charge in [-0.15, -0.1) is 11.3 Å². The van der Waals surface area contributed by atoms with Crippen LogP contribution in [0.15, 0.2) is 17.5 Å². The van der Waals surface area contributed by atoms with Gasteiger partial charge >= 0.3 is 0 Å². The summed E-state index contributed by atoms with van der Waals surface area (Å²) < 4.78 is 2.02. The third kappa shape index (κ3) is 3.66. The highest BCUT2D eigenvalue weighted by Gasteiger charge is 2.21. The molecule has 0 unspecified atom stereocenters. The minimum absolute atomic E-state index is 0.433. The van der Waals surface area contributed by atoms with Gasteiger partial charge < -0.3 is 10.2 Å². The fourth-order valence-corrected chi connectivity index (χ4v) is 3.28. The van der Waals surface area contributed by atoms with Crippen molar-refractivity contribution < 1.29 is 0 Å². The summed E-state index contributed by atoms with van der Waals surface area (Å²) in [6.45, 7) is 11.5. The first-order valence-corrected chi connectivity index (χ1v) is 8.44. The monoisotopic (exact) mass is 306 g/mol. The molecule has 0 aromatic carbocycles. The van der Waals surface area contributed by atoms with Crippen molar-refractivity contribution in [3.63, 3.8) is 0 Å². The predicted octanol–water partition coefficient (Wildman–Crippen LogP) is 3.31. The second kappa shape index (κ2) is 7.09. The van der Waals surface area contributed by atoms with Crippen LogP contribution in [-0.4, -0.2) is 22.4 Å². The highest BCUT2D eigenvalue weighted by atomic mass is 32.1. The number of anilines is 1. The summed E-state index contributed by atoms with van der Waals surface area (Å²) in [6, 6.07) is 4.75. The van der Waals surface area contributed by atoms with Gasteiger partial charge in [-0.2, -0.15) is 5.10 Å². The van der Waals surface area contributed by atoms with Gasteiger partial charge in [0.25, 0.3) is 0 Å². The predicted molar refractivity (Wildman–Crippen MR) is 91.0 cm³/mol. The topological polar surface area (TPSA) is 33.1 Å². The van der Waals surface area contributed by atoms with Gasteiger partial charge in [-0.1, -0.05) is 13.0 Å². The maximum absolute atomic E-state index is 4.63. The number of nitrogens with one attached hydrogen (secondary N) is 1. The summed E-state index contributed by atoms with van der Waals surface area (Å²) in [4.78, 5) is 3.83.